The molecule has 0 spiro atoms. The minimum Gasteiger partial charge on any atom is -0.493 e. The van der Waals surface area contributed by atoms with E-state index in [1.807, 2.05) is 0 Å². The van der Waals surface area contributed by atoms with Crippen molar-refractivity contribution in [2.24, 2.45) is 5.10 Å². The molecule has 0 aliphatic heterocycles. The Morgan fingerprint density at radius 1 is 1.06 bits per heavy atom. The molecule has 0 fully saturated rings. The summed E-state index contributed by atoms with van der Waals surface area (Å²) in [5, 5.41) is 4.43. The third kappa shape index (κ3) is 6.55. The molecule has 0 atom stereocenters. The van der Waals surface area contributed by atoms with Gasteiger partial charge in [-0.05, 0) is 66.2 Å². The van der Waals surface area contributed by atoms with E-state index in [9.17, 15) is 14.0 Å². The number of benzene rings is 3. The van der Waals surface area contributed by atoms with Crippen molar-refractivity contribution in [3.05, 3.63) is 88.7 Å². The van der Waals surface area contributed by atoms with Crippen LogP contribution in [-0.2, 0) is 4.79 Å². The standard InChI is InChI=1S/C23H18ClFN2O5/c1-30-21-11-15(5-10-20(21)32-23(29)16-3-2-4-18(25)12-16)13-26-27-22(28)14-31-19-8-6-17(24)7-9-19/h2-13H,14H2,1H3,(H,27,28)/b26-13-. The van der Waals surface area contributed by atoms with Crippen molar-refractivity contribution in [1.82, 2.24) is 5.43 Å². The van der Waals surface area contributed by atoms with Gasteiger partial charge in [-0.2, -0.15) is 5.10 Å². The van der Waals surface area contributed by atoms with Gasteiger partial charge in [-0.15, -0.1) is 0 Å². The number of carbonyl (C=O) groups excluding carboxylic acids is 2. The average molecular weight is 457 g/mol. The van der Waals surface area contributed by atoms with Crippen LogP contribution in [0.4, 0.5) is 4.39 Å². The summed E-state index contributed by atoms with van der Waals surface area (Å²) in [6.07, 6.45) is 1.39. The summed E-state index contributed by atoms with van der Waals surface area (Å²) in [6, 6.07) is 16.4. The highest BCUT2D eigenvalue weighted by atomic mass is 35.5. The van der Waals surface area contributed by atoms with E-state index in [0.717, 1.165) is 6.07 Å². The normalized spacial score (nSPS) is 10.6. The minimum absolute atomic E-state index is 0.0706. The van der Waals surface area contributed by atoms with Gasteiger partial charge >= 0.3 is 5.97 Å². The smallest absolute Gasteiger partial charge is 0.343 e. The van der Waals surface area contributed by atoms with Gasteiger partial charge < -0.3 is 14.2 Å². The van der Waals surface area contributed by atoms with Crippen molar-refractivity contribution in [2.45, 2.75) is 0 Å². The van der Waals surface area contributed by atoms with E-state index in [-0.39, 0.29) is 23.7 Å². The summed E-state index contributed by atoms with van der Waals surface area (Å²) in [7, 11) is 1.41. The van der Waals surface area contributed by atoms with Crippen LogP contribution in [0.3, 0.4) is 0 Å². The Morgan fingerprint density at radius 2 is 1.84 bits per heavy atom. The van der Waals surface area contributed by atoms with Crippen LogP contribution >= 0.6 is 11.6 Å². The number of halogens is 2. The van der Waals surface area contributed by atoms with Crippen LogP contribution in [0.25, 0.3) is 0 Å². The number of ether oxygens (including phenoxy) is 3. The number of nitrogens with zero attached hydrogens (tertiary/aromatic N) is 1. The zero-order valence-electron chi connectivity index (χ0n) is 16.9. The van der Waals surface area contributed by atoms with Gasteiger partial charge in [0.1, 0.15) is 11.6 Å². The Kier molecular flexibility index (Phi) is 7.77. The summed E-state index contributed by atoms with van der Waals surface area (Å²) in [5.41, 5.74) is 2.99. The third-order valence-corrected chi connectivity index (χ3v) is 4.29. The number of hydrazone groups is 1. The van der Waals surface area contributed by atoms with Gasteiger partial charge in [0.25, 0.3) is 5.91 Å². The number of amides is 1. The van der Waals surface area contributed by atoms with Crippen LogP contribution in [0, 0.1) is 5.82 Å². The quantitative estimate of drug-likeness (QED) is 0.237. The van der Waals surface area contributed by atoms with Gasteiger partial charge in [0.15, 0.2) is 18.1 Å². The molecule has 0 unspecified atom stereocenters. The lowest BCUT2D eigenvalue weighted by Crippen LogP contribution is -2.24. The molecule has 32 heavy (non-hydrogen) atoms. The van der Waals surface area contributed by atoms with Gasteiger partial charge in [-0.25, -0.2) is 14.6 Å². The molecule has 164 valence electrons. The maximum Gasteiger partial charge on any atom is 0.343 e. The summed E-state index contributed by atoms with van der Waals surface area (Å²) < 4.78 is 29.1. The van der Waals surface area contributed by atoms with Gasteiger partial charge in [0.2, 0.25) is 0 Å². The molecule has 0 saturated heterocycles. The van der Waals surface area contributed by atoms with Gasteiger partial charge in [-0.3, -0.25) is 4.79 Å². The van der Waals surface area contributed by atoms with Crippen LogP contribution < -0.4 is 19.6 Å². The van der Waals surface area contributed by atoms with Crippen molar-refractivity contribution in [1.29, 1.82) is 0 Å². The number of esters is 1. The number of rotatable bonds is 8. The molecule has 0 aromatic heterocycles. The predicted molar refractivity (Wildman–Crippen MR) is 117 cm³/mol. The Morgan fingerprint density at radius 3 is 2.56 bits per heavy atom. The first-order chi connectivity index (χ1) is 15.4. The fourth-order valence-electron chi connectivity index (χ4n) is 2.51. The van der Waals surface area contributed by atoms with Crippen molar-refractivity contribution in [2.75, 3.05) is 13.7 Å². The Hall–Kier alpha value is -3.91. The first-order valence-corrected chi connectivity index (χ1v) is 9.68. The first kappa shape index (κ1) is 22.8. The fraction of sp³-hybridized carbons (Fsp3) is 0.0870. The number of carbonyl (C=O) groups is 2. The number of nitrogens with one attached hydrogen (secondary N) is 1. The van der Waals surface area contributed by atoms with Crippen LogP contribution in [0.1, 0.15) is 15.9 Å². The molecule has 1 amide bonds. The number of methoxy groups -OCH3 is 1. The lowest BCUT2D eigenvalue weighted by molar-refractivity contribution is -0.123. The second-order valence-electron chi connectivity index (χ2n) is 6.35. The van der Waals surface area contributed by atoms with E-state index in [1.54, 1.807) is 36.4 Å². The molecule has 0 heterocycles. The Bertz CT molecular complexity index is 1140. The van der Waals surface area contributed by atoms with Crippen molar-refractivity contribution >= 4 is 29.7 Å². The largest absolute Gasteiger partial charge is 0.493 e. The highest BCUT2D eigenvalue weighted by molar-refractivity contribution is 6.30. The van der Waals surface area contributed by atoms with Crippen molar-refractivity contribution in [3.8, 4) is 17.2 Å². The number of hydrogen-bond acceptors (Lipinski definition) is 6. The molecule has 3 rings (SSSR count). The highest BCUT2D eigenvalue weighted by Crippen LogP contribution is 2.28. The highest BCUT2D eigenvalue weighted by Gasteiger charge is 2.13. The maximum atomic E-state index is 13.3. The van der Waals surface area contributed by atoms with Crippen molar-refractivity contribution < 1.29 is 28.2 Å². The van der Waals surface area contributed by atoms with E-state index in [1.165, 1.54) is 37.6 Å². The minimum atomic E-state index is -0.725. The molecular formula is C23H18ClFN2O5. The van der Waals surface area contributed by atoms with Crippen LogP contribution in [0.15, 0.2) is 71.8 Å². The molecule has 0 aliphatic rings. The zero-order valence-corrected chi connectivity index (χ0v) is 17.6. The van der Waals surface area contributed by atoms with E-state index in [0.29, 0.717) is 16.3 Å². The third-order valence-electron chi connectivity index (χ3n) is 4.04. The van der Waals surface area contributed by atoms with Gasteiger partial charge in [-0.1, -0.05) is 17.7 Å². The maximum absolute atomic E-state index is 13.3. The molecule has 3 aromatic carbocycles. The SMILES string of the molecule is COc1cc(/C=N\NC(=O)COc2ccc(Cl)cc2)ccc1OC(=O)c1cccc(F)c1. The van der Waals surface area contributed by atoms with Crippen LogP contribution in [0.5, 0.6) is 17.2 Å². The monoisotopic (exact) mass is 456 g/mol. The molecular weight excluding hydrogens is 439 g/mol. The van der Waals surface area contributed by atoms with Gasteiger partial charge in [0, 0.05) is 5.02 Å². The second-order valence-corrected chi connectivity index (χ2v) is 6.78. The molecule has 3 aromatic rings. The van der Waals surface area contributed by atoms with E-state index in [2.05, 4.69) is 10.5 Å². The van der Waals surface area contributed by atoms with E-state index >= 15 is 0 Å². The second kappa shape index (κ2) is 10.9. The molecule has 0 saturated carbocycles. The summed E-state index contributed by atoms with van der Waals surface area (Å²) in [6.45, 7) is -0.225. The predicted octanol–water partition coefficient (Wildman–Crippen LogP) is 4.24. The topological polar surface area (TPSA) is 86.2 Å². The van der Waals surface area contributed by atoms with E-state index < -0.39 is 17.7 Å². The Labute approximate surface area is 188 Å². The molecule has 7 nitrogen and oxygen atoms in total. The zero-order chi connectivity index (χ0) is 22.9. The van der Waals surface area contributed by atoms with Gasteiger partial charge in [0.05, 0.1) is 18.9 Å². The van der Waals surface area contributed by atoms with E-state index in [4.69, 9.17) is 25.8 Å². The first-order valence-electron chi connectivity index (χ1n) is 9.30. The lowest BCUT2D eigenvalue weighted by atomic mass is 10.2. The summed E-state index contributed by atoms with van der Waals surface area (Å²) in [5.74, 6) is -0.809. The van der Waals surface area contributed by atoms with Crippen LogP contribution in [0.2, 0.25) is 5.02 Å². The summed E-state index contributed by atoms with van der Waals surface area (Å²) in [4.78, 5) is 24.1. The molecule has 0 bridgehead atoms. The molecule has 0 radical (unpaired) electrons. The lowest BCUT2D eigenvalue weighted by Gasteiger charge is -2.10. The van der Waals surface area contributed by atoms with Crippen molar-refractivity contribution in [3.63, 3.8) is 0 Å². The molecule has 9 heteroatoms. The summed E-state index contributed by atoms with van der Waals surface area (Å²) >= 11 is 5.79. The molecule has 0 aliphatic carbocycles. The average Bonchev–Trinajstić information content (AvgIpc) is 2.79. The van der Waals surface area contributed by atoms with Crippen LogP contribution in [-0.4, -0.2) is 31.8 Å². The fourth-order valence-corrected chi connectivity index (χ4v) is 2.64. The molecule has 1 N–H and O–H groups in total. The number of hydrogen-bond donors (Lipinski definition) is 1. The Balaban J connectivity index is 1.56.